The number of aliphatic hydroxyl groups is 1. The molecule has 2 aliphatic heterocycles. The van der Waals surface area contributed by atoms with E-state index in [4.69, 9.17) is 0 Å². The second kappa shape index (κ2) is 5.16. The summed E-state index contributed by atoms with van der Waals surface area (Å²) in [5, 5.41) is 13.9. The maximum absolute atomic E-state index is 9.38. The van der Waals surface area contributed by atoms with Gasteiger partial charge in [-0.25, -0.2) is 0 Å². The number of nitrogens with zero attached hydrogens (tertiary/aromatic N) is 2. The normalized spacial score (nSPS) is 17.8. The highest BCUT2D eigenvalue weighted by atomic mass is 32.2. The van der Waals surface area contributed by atoms with Gasteiger partial charge < -0.3 is 10.0 Å². The third-order valence-corrected chi connectivity index (χ3v) is 5.98. The van der Waals surface area contributed by atoms with Crippen LogP contribution < -0.4 is 0 Å². The number of aliphatic hydroxyl groups excluding tert-OH is 1. The molecule has 0 bridgehead atoms. The van der Waals surface area contributed by atoms with Crippen LogP contribution in [0.1, 0.15) is 17.5 Å². The molecule has 21 heavy (non-hydrogen) atoms. The van der Waals surface area contributed by atoms with Crippen LogP contribution >= 0.6 is 23.1 Å². The van der Waals surface area contributed by atoms with Crippen LogP contribution in [0, 0.1) is 6.92 Å². The smallest absolute Gasteiger partial charge is 0.168 e. The predicted octanol–water partition coefficient (Wildman–Crippen LogP) is 3.68. The number of benzene rings is 1. The molecule has 3 heterocycles. The quantitative estimate of drug-likeness (QED) is 0.938. The molecule has 0 unspecified atom stereocenters. The van der Waals surface area contributed by atoms with Gasteiger partial charge >= 0.3 is 0 Å². The van der Waals surface area contributed by atoms with Gasteiger partial charge in [0.2, 0.25) is 0 Å². The molecule has 0 saturated heterocycles. The van der Waals surface area contributed by atoms with E-state index >= 15 is 0 Å². The van der Waals surface area contributed by atoms with E-state index in [-0.39, 0.29) is 6.61 Å². The lowest BCUT2D eigenvalue weighted by Gasteiger charge is -2.18. The first-order valence-electron chi connectivity index (χ1n) is 7.10. The lowest BCUT2D eigenvalue weighted by molar-refractivity contribution is 0.301. The van der Waals surface area contributed by atoms with Gasteiger partial charge in [0.15, 0.2) is 5.17 Å². The van der Waals surface area contributed by atoms with Crippen LogP contribution in [-0.4, -0.2) is 34.9 Å². The van der Waals surface area contributed by atoms with Crippen molar-refractivity contribution in [2.75, 3.05) is 19.7 Å². The Hall–Kier alpha value is -1.30. The maximum atomic E-state index is 9.38. The molecule has 5 heteroatoms. The third-order valence-electron chi connectivity index (χ3n) is 3.84. The molecule has 0 radical (unpaired) electrons. The highest BCUT2D eigenvalue weighted by Crippen LogP contribution is 2.45. The summed E-state index contributed by atoms with van der Waals surface area (Å²) in [5.41, 5.74) is 3.84. The zero-order valence-corrected chi connectivity index (χ0v) is 13.4. The molecule has 0 saturated carbocycles. The first kappa shape index (κ1) is 13.4. The number of thioether (sulfide) groups is 1. The molecule has 0 fully saturated rings. The van der Waals surface area contributed by atoms with E-state index in [1.54, 1.807) is 23.1 Å². The Balaban J connectivity index is 1.94. The minimum Gasteiger partial charge on any atom is -0.396 e. The number of aryl methyl sites for hydroxylation is 1. The summed E-state index contributed by atoms with van der Waals surface area (Å²) in [6.07, 6.45) is 0.705. The highest BCUT2D eigenvalue weighted by Gasteiger charge is 2.33. The molecule has 1 aromatic heterocycles. The summed E-state index contributed by atoms with van der Waals surface area (Å²) >= 11 is 3.52. The lowest BCUT2D eigenvalue weighted by atomic mass is 10.0. The predicted molar refractivity (Wildman–Crippen MR) is 91.8 cm³/mol. The molecule has 0 atom stereocenters. The van der Waals surface area contributed by atoms with Crippen molar-refractivity contribution in [1.82, 2.24) is 4.90 Å². The molecule has 108 valence electrons. The topological polar surface area (TPSA) is 35.8 Å². The Morgan fingerprint density at radius 3 is 3.14 bits per heavy atom. The minimum atomic E-state index is 0.187. The van der Waals surface area contributed by atoms with E-state index in [2.05, 4.69) is 40.4 Å². The summed E-state index contributed by atoms with van der Waals surface area (Å²) in [4.78, 5) is 8.15. The second-order valence-corrected chi connectivity index (χ2v) is 7.29. The van der Waals surface area contributed by atoms with Gasteiger partial charge in [0, 0.05) is 34.7 Å². The fourth-order valence-electron chi connectivity index (χ4n) is 3.00. The monoisotopic (exact) mass is 316 g/mol. The van der Waals surface area contributed by atoms with Gasteiger partial charge in [-0.15, -0.1) is 11.3 Å². The van der Waals surface area contributed by atoms with Crippen LogP contribution in [-0.2, 0) is 0 Å². The Bertz CT molecular complexity index is 776. The minimum absolute atomic E-state index is 0.187. The summed E-state index contributed by atoms with van der Waals surface area (Å²) in [6.45, 7) is 4.16. The lowest BCUT2D eigenvalue weighted by Crippen LogP contribution is -2.20. The van der Waals surface area contributed by atoms with Crippen LogP contribution in [0.2, 0.25) is 0 Å². The fourth-order valence-corrected chi connectivity index (χ4v) is 5.08. The van der Waals surface area contributed by atoms with Crippen molar-refractivity contribution in [3.63, 3.8) is 0 Å². The van der Waals surface area contributed by atoms with E-state index in [9.17, 15) is 5.11 Å². The first-order valence-corrected chi connectivity index (χ1v) is 8.79. The highest BCUT2D eigenvalue weighted by molar-refractivity contribution is 8.17. The SMILES string of the molecule is Cc1cc(C2=C(CCO)SC3=NCCN32)c2sccc2c1. The largest absolute Gasteiger partial charge is 0.396 e. The Morgan fingerprint density at radius 2 is 2.29 bits per heavy atom. The molecule has 0 amide bonds. The number of fused-ring (bicyclic) bond motifs is 2. The number of hydrogen-bond acceptors (Lipinski definition) is 5. The van der Waals surface area contributed by atoms with Crippen molar-refractivity contribution >= 4 is 44.0 Å². The summed E-state index contributed by atoms with van der Waals surface area (Å²) in [7, 11) is 0. The van der Waals surface area contributed by atoms with Gasteiger partial charge in [-0.05, 0) is 35.4 Å². The van der Waals surface area contributed by atoms with Crippen LogP contribution in [0.25, 0.3) is 15.8 Å². The maximum Gasteiger partial charge on any atom is 0.168 e. The van der Waals surface area contributed by atoms with Crippen molar-refractivity contribution in [2.45, 2.75) is 13.3 Å². The van der Waals surface area contributed by atoms with E-state index < -0.39 is 0 Å². The zero-order chi connectivity index (χ0) is 14.4. The number of rotatable bonds is 3. The molecule has 0 spiro atoms. The van der Waals surface area contributed by atoms with Crippen molar-refractivity contribution in [3.05, 3.63) is 39.6 Å². The zero-order valence-electron chi connectivity index (χ0n) is 11.8. The Morgan fingerprint density at radius 1 is 1.38 bits per heavy atom. The Labute approximate surface area is 132 Å². The van der Waals surface area contributed by atoms with E-state index in [0.717, 1.165) is 18.3 Å². The molecule has 1 aromatic carbocycles. The van der Waals surface area contributed by atoms with E-state index in [1.165, 1.54) is 31.8 Å². The third kappa shape index (κ3) is 2.11. The van der Waals surface area contributed by atoms with Gasteiger partial charge in [0.25, 0.3) is 0 Å². The van der Waals surface area contributed by atoms with E-state index in [0.29, 0.717) is 6.42 Å². The molecule has 3 nitrogen and oxygen atoms in total. The molecule has 2 aromatic rings. The average Bonchev–Trinajstić information content (AvgIpc) is 3.12. The van der Waals surface area contributed by atoms with Crippen molar-refractivity contribution in [3.8, 4) is 0 Å². The first-order chi connectivity index (χ1) is 10.3. The molecular formula is C16H16N2OS2. The second-order valence-electron chi connectivity index (χ2n) is 5.31. The molecule has 2 aliphatic rings. The Kier molecular flexibility index (Phi) is 3.28. The van der Waals surface area contributed by atoms with Crippen LogP contribution in [0.5, 0.6) is 0 Å². The van der Waals surface area contributed by atoms with Gasteiger partial charge in [-0.3, -0.25) is 4.99 Å². The summed E-state index contributed by atoms with van der Waals surface area (Å²) in [6, 6.07) is 6.69. The molecular weight excluding hydrogens is 300 g/mol. The van der Waals surface area contributed by atoms with Crippen LogP contribution in [0.4, 0.5) is 0 Å². The number of thiophene rings is 1. The van der Waals surface area contributed by atoms with E-state index in [1.807, 2.05) is 0 Å². The summed E-state index contributed by atoms with van der Waals surface area (Å²) < 4.78 is 1.33. The standard InChI is InChI=1S/C16H16N2OS2/c1-10-8-11-3-7-20-15(11)12(9-10)14-13(2-6-19)21-16-17-4-5-18(14)16/h3,7-9,19H,2,4-6H2,1H3. The molecule has 1 N–H and O–H groups in total. The van der Waals surface area contributed by atoms with Crippen LogP contribution in [0.15, 0.2) is 33.5 Å². The van der Waals surface area contributed by atoms with Crippen LogP contribution in [0.3, 0.4) is 0 Å². The number of amidine groups is 1. The molecule has 4 rings (SSSR count). The summed E-state index contributed by atoms with van der Waals surface area (Å²) in [5.74, 6) is 0. The van der Waals surface area contributed by atoms with Gasteiger partial charge in [-0.2, -0.15) is 0 Å². The van der Waals surface area contributed by atoms with Crippen molar-refractivity contribution < 1.29 is 5.11 Å². The van der Waals surface area contributed by atoms with Crippen molar-refractivity contribution in [1.29, 1.82) is 0 Å². The number of aliphatic imine (C=N–C) groups is 1. The van der Waals surface area contributed by atoms with Crippen molar-refractivity contribution in [2.24, 2.45) is 4.99 Å². The average molecular weight is 316 g/mol. The van der Waals surface area contributed by atoms with Gasteiger partial charge in [0.05, 0.1) is 12.2 Å². The number of hydrogen-bond donors (Lipinski definition) is 1. The van der Waals surface area contributed by atoms with Gasteiger partial charge in [-0.1, -0.05) is 17.8 Å². The fraction of sp³-hybridized carbons (Fsp3) is 0.312. The molecule has 0 aliphatic carbocycles. The van der Waals surface area contributed by atoms with Gasteiger partial charge in [0.1, 0.15) is 0 Å².